The number of primary sulfonamides is 1. The molecule has 0 atom stereocenters. The molecule has 0 heterocycles. The van der Waals surface area contributed by atoms with Crippen LogP contribution in [0.4, 0.5) is 0 Å². The van der Waals surface area contributed by atoms with E-state index in [1.165, 1.54) is 25.7 Å². The van der Waals surface area contributed by atoms with Gasteiger partial charge in [0.05, 0.1) is 6.61 Å². The van der Waals surface area contributed by atoms with Crippen LogP contribution in [0.15, 0.2) is 17.0 Å². The number of benzene rings is 1. The molecule has 0 aromatic heterocycles. The summed E-state index contributed by atoms with van der Waals surface area (Å²) in [5, 5.41) is 5.27. The molecule has 0 aliphatic carbocycles. The standard InChI is InChI=1S/C16H27NO3S/c1-4-5-6-7-8-9-10-20-16-14(3)11-13(2)12-15(16)21(17,18)19/h11-12H,4-10H2,1-3H3,(H2,17,18,19). The lowest BCUT2D eigenvalue weighted by Gasteiger charge is -2.14. The van der Waals surface area contributed by atoms with Crippen molar-refractivity contribution in [3.05, 3.63) is 23.3 Å². The second-order valence-corrected chi connectivity index (χ2v) is 7.10. The van der Waals surface area contributed by atoms with Gasteiger partial charge in [0.2, 0.25) is 10.0 Å². The van der Waals surface area contributed by atoms with Gasteiger partial charge in [-0.25, -0.2) is 13.6 Å². The highest BCUT2D eigenvalue weighted by Crippen LogP contribution is 2.28. The van der Waals surface area contributed by atoms with E-state index in [1.54, 1.807) is 6.07 Å². The van der Waals surface area contributed by atoms with Gasteiger partial charge in [0.15, 0.2) is 0 Å². The van der Waals surface area contributed by atoms with Crippen LogP contribution < -0.4 is 9.88 Å². The van der Waals surface area contributed by atoms with Crippen molar-refractivity contribution >= 4 is 10.0 Å². The number of ether oxygens (including phenoxy) is 1. The summed E-state index contributed by atoms with van der Waals surface area (Å²) < 4.78 is 29.0. The first kappa shape index (κ1) is 18.0. The maximum Gasteiger partial charge on any atom is 0.241 e. The van der Waals surface area contributed by atoms with Crippen molar-refractivity contribution < 1.29 is 13.2 Å². The van der Waals surface area contributed by atoms with Crippen molar-refractivity contribution in [1.29, 1.82) is 0 Å². The second-order valence-electron chi connectivity index (χ2n) is 5.57. The first-order chi connectivity index (χ1) is 9.86. The molecule has 1 aromatic rings. The molecule has 120 valence electrons. The van der Waals surface area contributed by atoms with Crippen LogP contribution in [0.2, 0.25) is 0 Å². The number of unbranched alkanes of at least 4 members (excludes halogenated alkanes) is 5. The zero-order chi connectivity index (χ0) is 15.9. The molecule has 0 spiro atoms. The van der Waals surface area contributed by atoms with E-state index < -0.39 is 10.0 Å². The van der Waals surface area contributed by atoms with Gasteiger partial charge in [-0.15, -0.1) is 0 Å². The van der Waals surface area contributed by atoms with Crippen molar-refractivity contribution in [3.8, 4) is 5.75 Å². The molecule has 21 heavy (non-hydrogen) atoms. The van der Waals surface area contributed by atoms with E-state index in [0.717, 1.165) is 24.0 Å². The molecule has 0 unspecified atom stereocenters. The minimum Gasteiger partial charge on any atom is -0.492 e. The summed E-state index contributed by atoms with van der Waals surface area (Å²) >= 11 is 0. The van der Waals surface area contributed by atoms with Gasteiger partial charge in [-0.05, 0) is 37.5 Å². The lowest BCUT2D eigenvalue weighted by Crippen LogP contribution is -2.15. The molecule has 5 heteroatoms. The highest BCUT2D eigenvalue weighted by molar-refractivity contribution is 7.89. The molecule has 0 aliphatic heterocycles. The van der Waals surface area contributed by atoms with E-state index in [9.17, 15) is 8.42 Å². The quantitative estimate of drug-likeness (QED) is 0.707. The molecule has 4 nitrogen and oxygen atoms in total. The van der Waals surface area contributed by atoms with E-state index in [2.05, 4.69) is 6.92 Å². The first-order valence-electron chi connectivity index (χ1n) is 7.63. The SMILES string of the molecule is CCCCCCCCOc1c(C)cc(C)cc1S(N)(=O)=O. The lowest BCUT2D eigenvalue weighted by atomic mass is 10.1. The van der Waals surface area contributed by atoms with Crippen molar-refractivity contribution in [2.45, 2.75) is 64.2 Å². The Morgan fingerprint density at radius 1 is 1.05 bits per heavy atom. The van der Waals surface area contributed by atoms with Gasteiger partial charge in [-0.1, -0.05) is 45.1 Å². The third-order valence-corrected chi connectivity index (χ3v) is 4.35. The Bertz CT molecular complexity index is 553. The minimum atomic E-state index is -3.76. The molecule has 0 amide bonds. The molecule has 0 aliphatic rings. The number of sulfonamides is 1. The summed E-state index contributed by atoms with van der Waals surface area (Å²) in [4.78, 5) is 0.0889. The summed E-state index contributed by atoms with van der Waals surface area (Å²) in [6, 6.07) is 3.48. The summed E-state index contributed by atoms with van der Waals surface area (Å²) in [7, 11) is -3.76. The van der Waals surface area contributed by atoms with E-state index >= 15 is 0 Å². The highest BCUT2D eigenvalue weighted by atomic mass is 32.2. The summed E-state index contributed by atoms with van der Waals surface area (Å²) in [6.07, 6.45) is 7.00. The Kier molecular flexibility index (Phi) is 7.18. The van der Waals surface area contributed by atoms with Crippen molar-refractivity contribution in [2.24, 2.45) is 5.14 Å². The fourth-order valence-electron chi connectivity index (χ4n) is 2.37. The predicted octanol–water partition coefficient (Wildman–Crippen LogP) is 3.69. The Morgan fingerprint density at radius 3 is 2.29 bits per heavy atom. The summed E-state index contributed by atoms with van der Waals surface area (Å²) in [5.74, 6) is 0.400. The summed E-state index contributed by atoms with van der Waals surface area (Å²) in [5.41, 5.74) is 1.67. The normalized spacial score (nSPS) is 11.6. The van der Waals surface area contributed by atoms with Gasteiger partial charge in [0.25, 0.3) is 0 Å². The number of nitrogens with two attached hydrogens (primary N) is 1. The molecular weight excluding hydrogens is 286 g/mol. The topological polar surface area (TPSA) is 69.4 Å². The van der Waals surface area contributed by atoms with Crippen LogP contribution in [0.3, 0.4) is 0 Å². The van der Waals surface area contributed by atoms with Gasteiger partial charge in [-0.2, -0.15) is 0 Å². The Hall–Kier alpha value is -1.07. The molecule has 2 N–H and O–H groups in total. The van der Waals surface area contributed by atoms with Crippen LogP contribution >= 0.6 is 0 Å². The molecule has 0 saturated carbocycles. The second kappa shape index (κ2) is 8.39. The van der Waals surface area contributed by atoms with E-state index in [4.69, 9.17) is 9.88 Å². The van der Waals surface area contributed by atoms with Crippen LogP contribution in [0.1, 0.15) is 56.6 Å². The molecule has 1 aromatic carbocycles. The fraction of sp³-hybridized carbons (Fsp3) is 0.625. The van der Waals surface area contributed by atoms with Crippen molar-refractivity contribution in [1.82, 2.24) is 0 Å². The zero-order valence-corrected chi connectivity index (χ0v) is 14.1. The molecule has 0 radical (unpaired) electrons. The van der Waals surface area contributed by atoms with Crippen LogP contribution in [0.25, 0.3) is 0 Å². The number of rotatable bonds is 9. The molecule has 1 rings (SSSR count). The largest absolute Gasteiger partial charge is 0.492 e. The van der Waals surface area contributed by atoms with E-state index in [1.807, 2.05) is 19.9 Å². The molecular formula is C16H27NO3S. The van der Waals surface area contributed by atoms with Crippen molar-refractivity contribution in [3.63, 3.8) is 0 Å². The molecule has 0 bridgehead atoms. The van der Waals surface area contributed by atoms with Gasteiger partial charge < -0.3 is 4.74 Å². The van der Waals surface area contributed by atoms with Gasteiger partial charge in [-0.3, -0.25) is 0 Å². The lowest BCUT2D eigenvalue weighted by molar-refractivity contribution is 0.295. The van der Waals surface area contributed by atoms with Crippen molar-refractivity contribution in [2.75, 3.05) is 6.61 Å². The van der Waals surface area contributed by atoms with Crippen LogP contribution in [-0.4, -0.2) is 15.0 Å². The van der Waals surface area contributed by atoms with Crippen LogP contribution in [-0.2, 0) is 10.0 Å². The maximum atomic E-state index is 11.7. The van der Waals surface area contributed by atoms with Gasteiger partial charge in [0, 0.05) is 0 Å². The predicted molar refractivity (Wildman–Crippen MR) is 86.2 cm³/mol. The number of aryl methyl sites for hydroxylation is 2. The monoisotopic (exact) mass is 313 g/mol. The van der Waals surface area contributed by atoms with Gasteiger partial charge in [0.1, 0.15) is 10.6 Å². The van der Waals surface area contributed by atoms with E-state index in [0.29, 0.717) is 12.4 Å². The van der Waals surface area contributed by atoms with E-state index in [-0.39, 0.29) is 4.90 Å². The maximum absolute atomic E-state index is 11.7. The zero-order valence-electron chi connectivity index (χ0n) is 13.3. The summed E-state index contributed by atoms with van der Waals surface area (Å²) in [6.45, 7) is 6.41. The first-order valence-corrected chi connectivity index (χ1v) is 9.17. The number of hydrogen-bond acceptors (Lipinski definition) is 3. The third-order valence-electron chi connectivity index (χ3n) is 3.44. The third kappa shape index (κ3) is 6.06. The fourth-order valence-corrected chi connectivity index (χ4v) is 3.20. The average molecular weight is 313 g/mol. The number of hydrogen-bond donors (Lipinski definition) is 1. The smallest absolute Gasteiger partial charge is 0.241 e. The Labute approximate surface area is 128 Å². The Balaban J connectivity index is 2.63. The Morgan fingerprint density at radius 2 is 1.67 bits per heavy atom. The minimum absolute atomic E-state index is 0.0889. The van der Waals surface area contributed by atoms with Crippen LogP contribution in [0.5, 0.6) is 5.75 Å². The van der Waals surface area contributed by atoms with Crippen LogP contribution in [0, 0.1) is 13.8 Å². The highest BCUT2D eigenvalue weighted by Gasteiger charge is 2.18. The van der Waals surface area contributed by atoms with Gasteiger partial charge >= 0.3 is 0 Å². The molecule has 0 saturated heterocycles. The molecule has 0 fully saturated rings. The average Bonchev–Trinajstić information content (AvgIpc) is 2.38.